The van der Waals surface area contributed by atoms with Crippen LogP contribution in [-0.2, 0) is 9.59 Å². The molecule has 2 aliphatic rings. The Morgan fingerprint density at radius 2 is 1.96 bits per heavy atom. The molecule has 0 radical (unpaired) electrons. The molecule has 0 aromatic heterocycles. The molecule has 1 aromatic rings. The van der Waals surface area contributed by atoms with Gasteiger partial charge in [-0.2, -0.15) is 0 Å². The fraction of sp³-hybridized carbons (Fsp3) is 0.381. The summed E-state index contributed by atoms with van der Waals surface area (Å²) in [6, 6.07) is 6.07. The first-order valence-corrected chi connectivity index (χ1v) is 9.53. The molecule has 0 aliphatic carbocycles. The summed E-state index contributed by atoms with van der Waals surface area (Å²) >= 11 is 4.99. The number of carbonyl (C=O) groups is 2. The number of likely N-dealkylation sites (N-methyl/N-ethyl adjacent to an activating group) is 1. The van der Waals surface area contributed by atoms with E-state index in [-0.39, 0.29) is 22.1 Å². The van der Waals surface area contributed by atoms with Crippen LogP contribution in [0.5, 0.6) is 0 Å². The number of fused-ring (bicyclic) bond motifs is 1. The first-order valence-electron chi connectivity index (χ1n) is 9.12. The maximum absolute atomic E-state index is 12.4. The number of hydrogen-bond acceptors (Lipinski definition) is 4. The number of anilines is 1. The van der Waals surface area contributed by atoms with Gasteiger partial charge in [0.05, 0.1) is 5.54 Å². The zero-order chi connectivity index (χ0) is 19.9. The van der Waals surface area contributed by atoms with Crippen LogP contribution in [0, 0.1) is 0 Å². The van der Waals surface area contributed by atoms with Crippen LogP contribution in [-0.4, -0.2) is 41.0 Å². The Bertz CT molecular complexity index is 899. The molecule has 1 saturated heterocycles. The van der Waals surface area contributed by atoms with Crippen LogP contribution in [0.2, 0.25) is 0 Å². The molecule has 0 spiro atoms. The van der Waals surface area contributed by atoms with Crippen molar-refractivity contribution >= 4 is 46.5 Å². The van der Waals surface area contributed by atoms with E-state index in [1.54, 1.807) is 13.1 Å². The van der Waals surface area contributed by atoms with Crippen molar-refractivity contribution in [2.45, 2.75) is 39.7 Å². The number of thiocarbonyl (C=S) groups is 1. The highest BCUT2D eigenvalue weighted by molar-refractivity contribution is 7.80. The Labute approximate surface area is 165 Å². The molecule has 0 saturated carbocycles. The molecule has 0 bridgehead atoms. The summed E-state index contributed by atoms with van der Waals surface area (Å²) in [4.78, 5) is 28.3. The Balaban J connectivity index is 2.04. The number of hydrogen-bond donors (Lipinski definition) is 1. The number of rotatable bonds is 3. The molecule has 1 N–H and O–H groups in total. The van der Waals surface area contributed by atoms with Gasteiger partial charge < -0.3 is 4.90 Å². The highest BCUT2D eigenvalue weighted by Crippen LogP contribution is 2.39. The lowest BCUT2D eigenvalue weighted by Gasteiger charge is -2.43. The minimum atomic E-state index is -0.457. The number of benzene rings is 1. The van der Waals surface area contributed by atoms with Gasteiger partial charge in [-0.1, -0.05) is 19.1 Å². The first kappa shape index (κ1) is 19.3. The van der Waals surface area contributed by atoms with Crippen LogP contribution in [0.15, 0.2) is 29.8 Å². The average molecular weight is 384 g/mol. The van der Waals surface area contributed by atoms with E-state index >= 15 is 0 Å². The Morgan fingerprint density at radius 3 is 2.63 bits per heavy atom. The zero-order valence-corrected chi connectivity index (χ0v) is 17.2. The van der Waals surface area contributed by atoms with Gasteiger partial charge in [0.15, 0.2) is 5.11 Å². The molecule has 1 fully saturated rings. The van der Waals surface area contributed by atoms with E-state index in [1.165, 1.54) is 16.2 Å². The van der Waals surface area contributed by atoms with Crippen LogP contribution < -0.4 is 10.2 Å². The standard InChI is InChI=1S/C21H25N3O2S/c1-6-9-24-17-8-7-14(10-15(17)13(2)12-21(24,3)4)11-16-18(25)22-20(27)23(5)19(16)26/h7-8,10-12H,6,9H2,1-5H3,(H,22,25,27)/b16-11-. The number of amides is 2. The Morgan fingerprint density at radius 1 is 1.26 bits per heavy atom. The van der Waals surface area contributed by atoms with E-state index in [9.17, 15) is 9.59 Å². The third-order valence-electron chi connectivity index (χ3n) is 5.06. The van der Waals surface area contributed by atoms with Gasteiger partial charge in [0.2, 0.25) is 0 Å². The monoisotopic (exact) mass is 383 g/mol. The van der Waals surface area contributed by atoms with Gasteiger partial charge in [-0.3, -0.25) is 19.8 Å². The molecular weight excluding hydrogens is 358 g/mol. The Hall–Kier alpha value is -2.47. The lowest BCUT2D eigenvalue weighted by molar-refractivity contribution is -0.128. The molecule has 3 rings (SSSR count). The van der Waals surface area contributed by atoms with Gasteiger partial charge >= 0.3 is 0 Å². The van der Waals surface area contributed by atoms with Crippen LogP contribution >= 0.6 is 12.2 Å². The number of allylic oxidation sites excluding steroid dienone is 1. The van der Waals surface area contributed by atoms with Gasteiger partial charge in [-0.05, 0) is 68.8 Å². The third kappa shape index (κ3) is 3.41. The van der Waals surface area contributed by atoms with Crippen molar-refractivity contribution < 1.29 is 9.59 Å². The predicted octanol–water partition coefficient (Wildman–Crippen LogP) is 3.36. The summed E-state index contributed by atoms with van der Waals surface area (Å²) in [6.45, 7) is 9.68. The molecule has 6 heteroatoms. The highest BCUT2D eigenvalue weighted by atomic mass is 32.1. The van der Waals surface area contributed by atoms with Crippen molar-refractivity contribution in [1.29, 1.82) is 0 Å². The van der Waals surface area contributed by atoms with Crippen LogP contribution in [0.25, 0.3) is 11.6 Å². The lowest BCUT2D eigenvalue weighted by Crippen LogP contribution is -2.52. The van der Waals surface area contributed by atoms with Crippen molar-refractivity contribution in [3.05, 3.63) is 41.0 Å². The normalized spacial score (nSPS) is 20.6. The summed E-state index contributed by atoms with van der Waals surface area (Å²) in [5.74, 6) is -0.843. The second kappa shape index (κ2) is 6.93. The van der Waals surface area contributed by atoms with Gasteiger partial charge in [-0.15, -0.1) is 0 Å². The predicted molar refractivity (Wildman–Crippen MR) is 113 cm³/mol. The van der Waals surface area contributed by atoms with Gasteiger partial charge in [0.1, 0.15) is 5.57 Å². The van der Waals surface area contributed by atoms with E-state index in [1.807, 2.05) is 12.1 Å². The van der Waals surface area contributed by atoms with Gasteiger partial charge in [0.25, 0.3) is 11.8 Å². The lowest BCUT2D eigenvalue weighted by atomic mass is 9.87. The van der Waals surface area contributed by atoms with Crippen LogP contribution in [0.4, 0.5) is 5.69 Å². The molecule has 142 valence electrons. The third-order valence-corrected chi connectivity index (χ3v) is 5.44. The zero-order valence-electron chi connectivity index (χ0n) is 16.4. The van der Waals surface area contributed by atoms with Gasteiger partial charge in [0, 0.05) is 24.8 Å². The van der Waals surface area contributed by atoms with Gasteiger partial charge in [-0.25, -0.2) is 0 Å². The first-order chi connectivity index (χ1) is 12.7. The SMILES string of the molecule is CCCN1c2ccc(/C=C3/C(=O)NC(=S)N(C)C3=O)cc2C(C)=CC1(C)C. The minimum absolute atomic E-state index is 0.0509. The summed E-state index contributed by atoms with van der Waals surface area (Å²) in [7, 11) is 1.56. The molecule has 1 aromatic carbocycles. The molecule has 2 heterocycles. The van der Waals surface area contributed by atoms with Crippen molar-refractivity contribution in [2.24, 2.45) is 0 Å². The fourth-order valence-electron chi connectivity index (χ4n) is 3.74. The summed E-state index contributed by atoms with van der Waals surface area (Å²) < 4.78 is 0. The molecular formula is C21H25N3O2S. The summed E-state index contributed by atoms with van der Waals surface area (Å²) in [5, 5.41) is 2.67. The molecule has 2 aliphatic heterocycles. The molecule has 27 heavy (non-hydrogen) atoms. The quantitative estimate of drug-likeness (QED) is 0.494. The minimum Gasteiger partial charge on any atom is -0.362 e. The maximum Gasteiger partial charge on any atom is 0.265 e. The second-order valence-electron chi connectivity index (χ2n) is 7.59. The van der Waals surface area contributed by atoms with E-state index in [2.05, 4.69) is 50.1 Å². The summed E-state index contributed by atoms with van der Waals surface area (Å²) in [6.07, 6.45) is 4.96. The van der Waals surface area contributed by atoms with E-state index in [4.69, 9.17) is 12.2 Å². The molecule has 0 unspecified atom stereocenters. The number of nitrogens with one attached hydrogen (secondary N) is 1. The topological polar surface area (TPSA) is 52.7 Å². The van der Waals surface area contributed by atoms with Crippen molar-refractivity contribution in [3.63, 3.8) is 0 Å². The van der Waals surface area contributed by atoms with E-state index in [0.717, 1.165) is 24.1 Å². The van der Waals surface area contributed by atoms with Crippen molar-refractivity contribution in [1.82, 2.24) is 10.2 Å². The van der Waals surface area contributed by atoms with E-state index in [0.29, 0.717) is 0 Å². The van der Waals surface area contributed by atoms with Crippen LogP contribution in [0.1, 0.15) is 45.2 Å². The second-order valence-corrected chi connectivity index (χ2v) is 7.98. The smallest absolute Gasteiger partial charge is 0.265 e. The molecule has 2 amide bonds. The average Bonchev–Trinajstić information content (AvgIpc) is 2.60. The van der Waals surface area contributed by atoms with Crippen LogP contribution in [0.3, 0.4) is 0 Å². The van der Waals surface area contributed by atoms with Crippen molar-refractivity contribution in [3.8, 4) is 0 Å². The largest absolute Gasteiger partial charge is 0.362 e. The Kier molecular flexibility index (Phi) is 4.95. The highest BCUT2D eigenvalue weighted by Gasteiger charge is 2.32. The molecule has 0 atom stereocenters. The maximum atomic E-state index is 12.4. The molecule has 5 nitrogen and oxygen atoms in total. The summed E-state index contributed by atoms with van der Waals surface area (Å²) in [5.41, 5.74) is 4.36. The van der Waals surface area contributed by atoms with E-state index < -0.39 is 5.91 Å². The fourth-order valence-corrected chi connectivity index (χ4v) is 3.91. The number of nitrogens with zero attached hydrogens (tertiary/aromatic N) is 2. The number of carbonyl (C=O) groups excluding carboxylic acids is 2. The van der Waals surface area contributed by atoms with Crippen molar-refractivity contribution in [2.75, 3.05) is 18.5 Å².